The number of benzene rings is 1. The molecule has 208 valence electrons. The van der Waals surface area contributed by atoms with Crippen molar-refractivity contribution >= 4 is 28.9 Å². The summed E-state index contributed by atoms with van der Waals surface area (Å²) in [5, 5.41) is 3.63. The van der Waals surface area contributed by atoms with Gasteiger partial charge >= 0.3 is 12.1 Å². The van der Waals surface area contributed by atoms with Gasteiger partial charge in [0.05, 0.1) is 25.8 Å². The average Bonchev–Trinajstić information content (AvgIpc) is 3.42. The van der Waals surface area contributed by atoms with Gasteiger partial charge in [-0.1, -0.05) is 6.08 Å². The zero-order valence-electron chi connectivity index (χ0n) is 22.5. The number of esters is 1. The molecule has 1 aliphatic heterocycles. The molecule has 1 saturated carbocycles. The summed E-state index contributed by atoms with van der Waals surface area (Å²) in [5.41, 5.74) is -1.24. The Hall–Kier alpha value is -3.82. The van der Waals surface area contributed by atoms with Crippen LogP contribution in [0.25, 0.3) is 10.9 Å². The highest BCUT2D eigenvalue weighted by molar-refractivity contribution is 5.95. The number of aromatic nitrogens is 1. The number of pyridine rings is 1. The Morgan fingerprint density at radius 2 is 2.05 bits per heavy atom. The van der Waals surface area contributed by atoms with Gasteiger partial charge in [-0.25, -0.2) is 9.59 Å². The molecule has 10 heteroatoms. The van der Waals surface area contributed by atoms with E-state index in [4.69, 9.17) is 18.9 Å². The minimum atomic E-state index is -1.17. The Morgan fingerprint density at radius 1 is 1.29 bits per heavy atom. The Bertz CT molecular complexity index is 1250. The first kappa shape index (κ1) is 27.2. The zero-order valence-corrected chi connectivity index (χ0v) is 22.5. The molecular weight excluding hydrogens is 490 g/mol. The minimum absolute atomic E-state index is 0. The van der Waals surface area contributed by atoms with Crippen LogP contribution in [0.4, 0.5) is 4.79 Å². The fraction of sp³-hybridized carbons (Fsp3) is 0.500. The smallest absolute Gasteiger partial charge is 0.411 e. The number of hydrogen-bond acceptors (Lipinski definition) is 8. The second-order valence-corrected chi connectivity index (χ2v) is 10.5. The van der Waals surface area contributed by atoms with Crippen molar-refractivity contribution in [3.8, 4) is 11.5 Å². The number of hydrogen-bond donors (Lipinski definition) is 1. The maximum absolute atomic E-state index is 13.6. The molecule has 0 unspecified atom stereocenters. The number of nitrogens with one attached hydrogen (secondary N) is 1. The summed E-state index contributed by atoms with van der Waals surface area (Å²) in [6, 6.07) is 6.32. The number of carbonyl (C=O) groups excluding carboxylic acids is 3. The van der Waals surface area contributed by atoms with Crippen LogP contribution in [-0.4, -0.2) is 71.4 Å². The van der Waals surface area contributed by atoms with Crippen LogP contribution in [0.2, 0.25) is 0 Å². The molecular formula is C28H39N3O7. The molecule has 1 saturated heterocycles. The highest BCUT2D eigenvalue weighted by Crippen LogP contribution is 2.45. The molecule has 1 aliphatic carbocycles. The molecule has 0 bridgehead atoms. The first-order valence-corrected chi connectivity index (χ1v) is 12.7. The van der Waals surface area contributed by atoms with Crippen molar-refractivity contribution in [1.82, 2.24) is 15.2 Å². The van der Waals surface area contributed by atoms with E-state index in [2.05, 4.69) is 16.9 Å². The van der Waals surface area contributed by atoms with Gasteiger partial charge in [0.15, 0.2) is 0 Å². The van der Waals surface area contributed by atoms with Crippen LogP contribution < -0.4 is 14.8 Å². The van der Waals surface area contributed by atoms with Crippen LogP contribution in [0, 0.1) is 5.92 Å². The van der Waals surface area contributed by atoms with Crippen LogP contribution in [0.5, 0.6) is 11.5 Å². The first-order valence-electron chi connectivity index (χ1n) is 12.7. The third-order valence-corrected chi connectivity index (χ3v) is 6.68. The topological polar surface area (TPSA) is 116 Å². The Balaban J connectivity index is 0.00000280. The van der Waals surface area contributed by atoms with E-state index in [1.807, 2.05) is 12.1 Å². The summed E-state index contributed by atoms with van der Waals surface area (Å²) in [6.45, 7) is 11.1. The van der Waals surface area contributed by atoms with Gasteiger partial charge < -0.3 is 24.3 Å². The number of nitrogens with zero attached hydrogens (tertiary/aromatic N) is 2. The van der Waals surface area contributed by atoms with Crippen LogP contribution in [0.1, 0.15) is 43.4 Å². The quantitative estimate of drug-likeness (QED) is 0.401. The Kier molecular flexibility index (Phi) is 7.53. The molecule has 38 heavy (non-hydrogen) atoms. The van der Waals surface area contributed by atoms with Crippen molar-refractivity contribution in [1.29, 1.82) is 0 Å². The minimum Gasteiger partial charge on any atom is -0.497 e. The number of fused-ring (bicyclic) bond motifs is 1. The molecule has 2 aliphatic rings. The number of carbonyl (C=O) groups is 3. The highest BCUT2D eigenvalue weighted by atomic mass is 16.6. The lowest BCUT2D eigenvalue weighted by atomic mass is 10.1. The molecule has 4 atom stereocenters. The van der Waals surface area contributed by atoms with Gasteiger partial charge in [0.25, 0.3) is 0 Å². The van der Waals surface area contributed by atoms with Gasteiger partial charge in [0.1, 0.15) is 34.8 Å². The van der Waals surface area contributed by atoms with E-state index in [1.165, 1.54) is 4.90 Å². The third kappa shape index (κ3) is 5.54. The molecule has 1 aromatic carbocycles. The van der Waals surface area contributed by atoms with Crippen LogP contribution in [0.3, 0.4) is 0 Å². The molecule has 2 aromatic rings. The summed E-state index contributed by atoms with van der Waals surface area (Å²) in [5.74, 6) is 0.0263. The van der Waals surface area contributed by atoms with Crippen molar-refractivity contribution < 1.29 is 36.2 Å². The SMILES string of the molecule is C=C[C@@H]1C[C@]1(NC(=O)[C@@H]1C[C@@H](Oc2ccnc3cc(OC)ccc23)CN1C(=O)OC(C)(C)C)C(=O)OCC.[HH].[HH]. The predicted octanol–water partition coefficient (Wildman–Crippen LogP) is 4.12. The van der Waals surface area contributed by atoms with Crippen molar-refractivity contribution in [2.45, 2.75) is 63.8 Å². The fourth-order valence-corrected chi connectivity index (χ4v) is 4.73. The zero-order chi connectivity index (χ0) is 27.7. The van der Waals surface area contributed by atoms with E-state index < -0.39 is 41.3 Å². The number of ether oxygens (including phenoxy) is 4. The van der Waals surface area contributed by atoms with Crippen LogP contribution >= 0.6 is 0 Å². The number of likely N-dealkylation sites (tertiary alicyclic amines) is 1. The van der Waals surface area contributed by atoms with Gasteiger partial charge in [-0.2, -0.15) is 0 Å². The van der Waals surface area contributed by atoms with E-state index >= 15 is 0 Å². The van der Waals surface area contributed by atoms with E-state index in [9.17, 15) is 14.4 Å². The lowest BCUT2D eigenvalue weighted by molar-refractivity contribution is -0.149. The van der Waals surface area contributed by atoms with Gasteiger partial charge in [-0.15, -0.1) is 6.58 Å². The first-order chi connectivity index (χ1) is 18.0. The highest BCUT2D eigenvalue weighted by Gasteiger charge is 2.62. The predicted molar refractivity (Wildman–Crippen MR) is 144 cm³/mol. The van der Waals surface area contributed by atoms with Crippen LogP contribution in [-0.2, 0) is 19.1 Å². The molecule has 0 radical (unpaired) electrons. The normalized spacial score (nSPS) is 24.4. The van der Waals surface area contributed by atoms with E-state index in [0.717, 1.165) is 5.39 Å². The molecule has 1 N–H and O–H groups in total. The van der Waals surface area contributed by atoms with Crippen LogP contribution in [0.15, 0.2) is 43.1 Å². The van der Waals surface area contributed by atoms with Gasteiger partial charge in [0.2, 0.25) is 5.91 Å². The van der Waals surface area contributed by atoms with Crippen molar-refractivity contribution in [3.05, 3.63) is 43.1 Å². The standard InChI is InChI=1S/C28H35N3O7.2H2/c1-7-17-15-28(17,25(33)36-8-2)30-24(32)22-14-19(16-31(22)26(34)38-27(3,4)5)37-23-11-12-29-21-13-18(35-6)9-10-20(21)23;;/h7,9-13,17,19,22H,1,8,14-16H2,2-6H3,(H,30,32);2*1H/t17-,19-,22+,28-;;/m1../s1. The monoisotopic (exact) mass is 529 g/mol. The second-order valence-electron chi connectivity index (χ2n) is 10.5. The summed E-state index contributed by atoms with van der Waals surface area (Å²) >= 11 is 0. The van der Waals surface area contributed by atoms with Crippen molar-refractivity contribution in [2.75, 3.05) is 20.3 Å². The lowest BCUT2D eigenvalue weighted by Crippen LogP contribution is -2.53. The number of methoxy groups -OCH3 is 1. The average molecular weight is 530 g/mol. The number of amides is 2. The molecule has 10 nitrogen and oxygen atoms in total. The maximum Gasteiger partial charge on any atom is 0.411 e. The lowest BCUT2D eigenvalue weighted by Gasteiger charge is -2.28. The van der Waals surface area contributed by atoms with Crippen molar-refractivity contribution in [2.24, 2.45) is 5.92 Å². The molecule has 2 amide bonds. The number of rotatable bonds is 8. The summed E-state index contributed by atoms with van der Waals surface area (Å²) in [7, 11) is 1.58. The van der Waals surface area contributed by atoms with Gasteiger partial charge in [-0.05, 0) is 52.3 Å². The maximum atomic E-state index is 13.6. The van der Waals surface area contributed by atoms with E-state index in [1.54, 1.807) is 59.2 Å². The third-order valence-electron chi connectivity index (χ3n) is 6.68. The Labute approximate surface area is 225 Å². The summed E-state index contributed by atoms with van der Waals surface area (Å²) < 4.78 is 22.4. The van der Waals surface area contributed by atoms with Crippen molar-refractivity contribution in [3.63, 3.8) is 0 Å². The fourth-order valence-electron chi connectivity index (χ4n) is 4.73. The van der Waals surface area contributed by atoms with E-state index in [0.29, 0.717) is 23.4 Å². The van der Waals surface area contributed by atoms with Gasteiger partial charge in [-0.3, -0.25) is 14.7 Å². The molecule has 0 spiro atoms. The largest absolute Gasteiger partial charge is 0.497 e. The van der Waals surface area contributed by atoms with E-state index in [-0.39, 0.29) is 28.3 Å². The Morgan fingerprint density at radius 3 is 2.68 bits per heavy atom. The summed E-state index contributed by atoms with van der Waals surface area (Å²) in [6.07, 6.45) is 2.74. The molecule has 4 rings (SSSR count). The molecule has 1 aromatic heterocycles. The molecule has 2 heterocycles. The summed E-state index contributed by atoms with van der Waals surface area (Å²) in [4.78, 5) is 45.1. The molecule has 2 fully saturated rings. The second kappa shape index (κ2) is 10.5. The van der Waals surface area contributed by atoms with Gasteiger partial charge in [0, 0.05) is 32.8 Å².